The Morgan fingerprint density at radius 1 is 1.28 bits per heavy atom. The van der Waals surface area contributed by atoms with Gasteiger partial charge in [0.1, 0.15) is 0 Å². The zero-order valence-corrected chi connectivity index (χ0v) is 16.3. The molecule has 2 aromatic heterocycles. The van der Waals surface area contributed by atoms with E-state index < -0.39 is 0 Å². The third-order valence-electron chi connectivity index (χ3n) is 3.54. The number of hydrogen-bond acceptors (Lipinski definition) is 6. The van der Waals surface area contributed by atoms with Crippen LogP contribution in [0.5, 0.6) is 0 Å². The Hall–Kier alpha value is -1.90. The second-order valence-electron chi connectivity index (χ2n) is 5.37. The van der Waals surface area contributed by atoms with Crippen LogP contribution in [0.4, 0.5) is 5.13 Å². The minimum Gasteiger partial charge on any atom is -0.305 e. The van der Waals surface area contributed by atoms with Gasteiger partial charge in [0.05, 0.1) is 11.4 Å². The molecule has 0 saturated heterocycles. The molecule has 1 N–H and O–H groups in total. The average molecular weight is 394 g/mol. The molecule has 2 heterocycles. The van der Waals surface area contributed by atoms with Crippen molar-refractivity contribution in [2.24, 2.45) is 7.05 Å². The van der Waals surface area contributed by atoms with Crippen molar-refractivity contribution in [3.05, 3.63) is 39.9 Å². The number of hydrogen-bond donors (Lipinski definition) is 1. The summed E-state index contributed by atoms with van der Waals surface area (Å²) >= 11 is 8.72. The van der Waals surface area contributed by atoms with Crippen LogP contribution in [0.3, 0.4) is 0 Å². The molecule has 0 fully saturated rings. The molecule has 0 aliphatic carbocycles. The van der Waals surface area contributed by atoms with Crippen LogP contribution < -0.4 is 5.32 Å². The lowest BCUT2D eigenvalue weighted by molar-refractivity contribution is -0.113. The highest BCUT2D eigenvalue weighted by Crippen LogP contribution is 2.25. The fourth-order valence-corrected chi connectivity index (χ4v) is 3.77. The van der Waals surface area contributed by atoms with Crippen molar-refractivity contribution in [1.82, 2.24) is 19.7 Å². The van der Waals surface area contributed by atoms with Crippen molar-refractivity contribution in [1.29, 1.82) is 0 Å². The van der Waals surface area contributed by atoms with E-state index in [1.807, 2.05) is 49.7 Å². The third kappa shape index (κ3) is 4.20. The van der Waals surface area contributed by atoms with Gasteiger partial charge in [-0.05, 0) is 38.1 Å². The molecule has 25 heavy (non-hydrogen) atoms. The van der Waals surface area contributed by atoms with Crippen molar-refractivity contribution >= 4 is 45.7 Å². The highest BCUT2D eigenvalue weighted by molar-refractivity contribution is 7.99. The molecule has 3 rings (SSSR count). The van der Waals surface area contributed by atoms with Gasteiger partial charge in [0.15, 0.2) is 16.1 Å². The predicted octanol–water partition coefficient (Wildman–Crippen LogP) is 3.94. The molecule has 6 nitrogen and oxygen atoms in total. The van der Waals surface area contributed by atoms with Crippen LogP contribution in [0, 0.1) is 13.8 Å². The molecule has 0 atom stereocenters. The van der Waals surface area contributed by atoms with Gasteiger partial charge >= 0.3 is 0 Å². The van der Waals surface area contributed by atoms with E-state index in [1.54, 1.807) is 0 Å². The van der Waals surface area contributed by atoms with Gasteiger partial charge in [-0.1, -0.05) is 23.4 Å². The van der Waals surface area contributed by atoms with Crippen molar-refractivity contribution in [3.8, 4) is 11.4 Å². The second kappa shape index (κ2) is 7.55. The van der Waals surface area contributed by atoms with E-state index in [-0.39, 0.29) is 11.7 Å². The van der Waals surface area contributed by atoms with E-state index in [2.05, 4.69) is 20.5 Å². The van der Waals surface area contributed by atoms with Crippen molar-refractivity contribution in [2.45, 2.75) is 19.0 Å². The van der Waals surface area contributed by atoms with Crippen LogP contribution in [0.1, 0.15) is 10.6 Å². The normalized spacial score (nSPS) is 10.9. The van der Waals surface area contributed by atoms with Gasteiger partial charge in [0.25, 0.3) is 0 Å². The highest BCUT2D eigenvalue weighted by atomic mass is 35.5. The van der Waals surface area contributed by atoms with E-state index in [0.717, 1.165) is 22.0 Å². The lowest BCUT2D eigenvalue weighted by atomic mass is 10.2. The minimum absolute atomic E-state index is 0.116. The topological polar surface area (TPSA) is 72.7 Å². The maximum absolute atomic E-state index is 12.1. The molecule has 0 unspecified atom stereocenters. The smallest absolute Gasteiger partial charge is 0.236 e. The molecule has 0 bridgehead atoms. The zero-order valence-electron chi connectivity index (χ0n) is 13.9. The Morgan fingerprint density at radius 2 is 2.00 bits per heavy atom. The highest BCUT2D eigenvalue weighted by Gasteiger charge is 2.14. The Morgan fingerprint density at radius 3 is 2.64 bits per heavy atom. The molecule has 1 amide bonds. The number of halogens is 1. The Balaban J connectivity index is 1.63. The van der Waals surface area contributed by atoms with Crippen LogP contribution in [-0.4, -0.2) is 31.4 Å². The number of nitrogens with zero attached hydrogens (tertiary/aromatic N) is 4. The van der Waals surface area contributed by atoms with Crippen LogP contribution in [-0.2, 0) is 11.8 Å². The Bertz CT molecular complexity index is 884. The van der Waals surface area contributed by atoms with Gasteiger partial charge in [-0.25, -0.2) is 4.98 Å². The maximum Gasteiger partial charge on any atom is 0.236 e. The summed E-state index contributed by atoms with van der Waals surface area (Å²) in [6.45, 7) is 3.91. The molecule has 0 aliphatic rings. The summed E-state index contributed by atoms with van der Waals surface area (Å²) in [5.41, 5.74) is 1.86. The first-order valence-corrected chi connectivity index (χ1v) is 9.64. The summed E-state index contributed by atoms with van der Waals surface area (Å²) < 4.78 is 1.86. The van der Waals surface area contributed by atoms with Gasteiger partial charge < -0.3 is 9.88 Å². The molecule has 0 saturated carbocycles. The lowest BCUT2D eigenvalue weighted by Gasteiger charge is -2.04. The lowest BCUT2D eigenvalue weighted by Crippen LogP contribution is -2.14. The van der Waals surface area contributed by atoms with Crippen LogP contribution in [0.2, 0.25) is 5.02 Å². The number of carbonyl (C=O) groups is 1. The zero-order chi connectivity index (χ0) is 18.0. The first kappa shape index (κ1) is 17.9. The van der Waals surface area contributed by atoms with Crippen LogP contribution in [0.15, 0.2) is 29.4 Å². The number of benzene rings is 1. The number of aromatic nitrogens is 4. The van der Waals surface area contributed by atoms with Crippen LogP contribution in [0.25, 0.3) is 11.4 Å². The SMILES string of the molecule is Cc1nc(NC(=O)CSc2nnc(-c3ccc(Cl)cc3)n2C)sc1C. The first-order chi connectivity index (χ1) is 11.9. The van der Waals surface area contributed by atoms with E-state index >= 15 is 0 Å². The summed E-state index contributed by atoms with van der Waals surface area (Å²) in [6, 6.07) is 7.40. The molecule has 9 heteroatoms. The molecule has 0 aliphatic heterocycles. The first-order valence-electron chi connectivity index (χ1n) is 7.46. The van der Waals surface area contributed by atoms with Gasteiger partial charge in [-0.15, -0.1) is 21.5 Å². The fraction of sp³-hybridized carbons (Fsp3) is 0.250. The quantitative estimate of drug-likeness (QED) is 0.664. The van der Waals surface area contributed by atoms with Crippen molar-refractivity contribution < 1.29 is 4.79 Å². The van der Waals surface area contributed by atoms with Gasteiger partial charge in [0, 0.05) is 22.5 Å². The summed E-state index contributed by atoms with van der Waals surface area (Å²) in [5.74, 6) is 0.852. The molecule has 0 radical (unpaired) electrons. The maximum atomic E-state index is 12.1. The van der Waals surface area contributed by atoms with Gasteiger partial charge in [0.2, 0.25) is 5.91 Å². The minimum atomic E-state index is -0.116. The van der Waals surface area contributed by atoms with E-state index in [9.17, 15) is 4.79 Å². The molecule has 0 spiro atoms. The number of nitrogens with one attached hydrogen (secondary N) is 1. The second-order valence-corrected chi connectivity index (χ2v) is 7.95. The number of aryl methyl sites for hydroxylation is 2. The Labute approximate surface area is 158 Å². The summed E-state index contributed by atoms with van der Waals surface area (Å²) in [5, 5.41) is 13.1. The number of thioether (sulfide) groups is 1. The van der Waals surface area contributed by atoms with Crippen molar-refractivity contribution in [2.75, 3.05) is 11.1 Å². The largest absolute Gasteiger partial charge is 0.305 e. The fourth-order valence-electron chi connectivity index (χ4n) is 2.10. The van der Waals surface area contributed by atoms with Crippen molar-refractivity contribution in [3.63, 3.8) is 0 Å². The van der Waals surface area contributed by atoms with E-state index in [4.69, 9.17) is 11.6 Å². The van der Waals surface area contributed by atoms with E-state index in [1.165, 1.54) is 23.1 Å². The number of thiazole rings is 1. The number of carbonyl (C=O) groups excluding carboxylic acids is 1. The standard InChI is InChI=1S/C16H16ClN5OS2/c1-9-10(2)25-15(18-9)19-13(23)8-24-16-21-20-14(22(16)3)11-4-6-12(17)7-5-11/h4-7H,8H2,1-3H3,(H,18,19,23). The predicted molar refractivity (Wildman–Crippen MR) is 102 cm³/mol. The van der Waals surface area contributed by atoms with Gasteiger partial charge in [-0.3, -0.25) is 4.79 Å². The summed E-state index contributed by atoms with van der Waals surface area (Å²) in [6.07, 6.45) is 0. The summed E-state index contributed by atoms with van der Waals surface area (Å²) in [7, 11) is 1.87. The number of anilines is 1. The van der Waals surface area contributed by atoms with E-state index in [0.29, 0.717) is 15.3 Å². The average Bonchev–Trinajstić information content (AvgIpc) is 3.09. The molecular weight excluding hydrogens is 378 g/mol. The number of amides is 1. The van der Waals surface area contributed by atoms with Crippen LogP contribution >= 0.6 is 34.7 Å². The monoisotopic (exact) mass is 393 g/mol. The summed E-state index contributed by atoms with van der Waals surface area (Å²) in [4.78, 5) is 17.5. The molecular formula is C16H16ClN5OS2. The number of rotatable bonds is 5. The molecule has 130 valence electrons. The molecule has 3 aromatic rings. The Kier molecular flexibility index (Phi) is 5.41. The third-order valence-corrected chi connectivity index (χ3v) is 5.81. The van der Waals surface area contributed by atoms with Gasteiger partial charge in [-0.2, -0.15) is 0 Å². The molecule has 1 aromatic carbocycles.